The summed E-state index contributed by atoms with van der Waals surface area (Å²) in [5.74, 6) is -0.0563. The number of methoxy groups -OCH3 is 1. The Morgan fingerprint density at radius 1 is 1.61 bits per heavy atom. The van der Waals surface area contributed by atoms with E-state index in [2.05, 4.69) is 4.98 Å². The highest BCUT2D eigenvalue weighted by molar-refractivity contribution is 5.94. The number of aryl methyl sites for hydroxylation is 2. The molecular formula is C13H20N2O3. The van der Waals surface area contributed by atoms with E-state index in [4.69, 9.17) is 4.74 Å². The zero-order valence-corrected chi connectivity index (χ0v) is 11.1. The zero-order valence-electron chi connectivity index (χ0n) is 11.1. The third-order valence-corrected chi connectivity index (χ3v) is 3.54. The van der Waals surface area contributed by atoms with Crippen molar-refractivity contribution in [3.8, 4) is 0 Å². The van der Waals surface area contributed by atoms with Gasteiger partial charge in [0.1, 0.15) is 5.69 Å². The second-order valence-corrected chi connectivity index (χ2v) is 4.90. The second-order valence-electron chi connectivity index (χ2n) is 4.90. The summed E-state index contributed by atoms with van der Waals surface area (Å²) in [6, 6.07) is 1.80. The highest BCUT2D eigenvalue weighted by atomic mass is 16.5. The van der Waals surface area contributed by atoms with Gasteiger partial charge in [0.05, 0.1) is 18.8 Å². The van der Waals surface area contributed by atoms with E-state index in [1.807, 2.05) is 19.9 Å². The number of amides is 1. The Balaban J connectivity index is 2.20. The number of carbonyl (C=O) groups is 1. The predicted octanol–water partition coefficient (Wildman–Crippen LogP) is 0.853. The molecule has 2 atom stereocenters. The van der Waals surface area contributed by atoms with Gasteiger partial charge in [-0.25, -0.2) is 0 Å². The smallest absolute Gasteiger partial charge is 0.270 e. The number of nitrogens with zero attached hydrogens (tertiary/aromatic N) is 1. The molecule has 100 valence electrons. The van der Waals surface area contributed by atoms with Crippen LogP contribution in [0.1, 0.15) is 28.2 Å². The molecule has 2 heterocycles. The number of aromatic nitrogens is 1. The Kier molecular flexibility index (Phi) is 3.73. The molecule has 0 saturated carbocycles. The first-order valence-electron chi connectivity index (χ1n) is 6.17. The summed E-state index contributed by atoms with van der Waals surface area (Å²) in [6.45, 7) is 4.35. The van der Waals surface area contributed by atoms with Crippen LogP contribution in [-0.2, 0) is 4.74 Å². The van der Waals surface area contributed by atoms with Gasteiger partial charge in [-0.3, -0.25) is 4.79 Å². The fraction of sp³-hybridized carbons (Fsp3) is 0.615. The van der Waals surface area contributed by atoms with Gasteiger partial charge in [-0.2, -0.15) is 0 Å². The van der Waals surface area contributed by atoms with Crippen LogP contribution in [0.3, 0.4) is 0 Å². The molecule has 1 aromatic rings. The molecule has 0 aromatic carbocycles. The minimum atomic E-state index is -0.148. The molecule has 2 rings (SSSR count). The lowest BCUT2D eigenvalue weighted by Gasteiger charge is -2.22. The van der Waals surface area contributed by atoms with Crippen molar-refractivity contribution in [2.45, 2.75) is 32.4 Å². The average molecular weight is 252 g/mol. The van der Waals surface area contributed by atoms with Crippen LogP contribution < -0.4 is 0 Å². The Morgan fingerprint density at radius 3 is 2.83 bits per heavy atom. The Hall–Kier alpha value is -1.33. The standard InChI is InChI=1S/C13H20N2O3/c1-8-4-9(2)14-12(8)13(17)15-6-11(18-3)5-10(15)7-16/h4,10-11,14,16H,5-7H2,1-3H3/t10-,11-/m0/s1. The van der Waals surface area contributed by atoms with Gasteiger partial charge in [-0.1, -0.05) is 0 Å². The number of likely N-dealkylation sites (tertiary alicyclic amines) is 1. The van der Waals surface area contributed by atoms with Gasteiger partial charge in [-0.15, -0.1) is 0 Å². The van der Waals surface area contributed by atoms with Crippen molar-refractivity contribution in [2.75, 3.05) is 20.3 Å². The highest BCUT2D eigenvalue weighted by Gasteiger charge is 2.36. The molecule has 18 heavy (non-hydrogen) atoms. The number of H-pyrrole nitrogens is 1. The number of hydrogen-bond donors (Lipinski definition) is 2. The molecule has 1 amide bonds. The first kappa shape index (κ1) is 13.1. The van der Waals surface area contributed by atoms with Crippen molar-refractivity contribution in [3.63, 3.8) is 0 Å². The van der Waals surface area contributed by atoms with E-state index in [-0.39, 0.29) is 24.7 Å². The summed E-state index contributed by atoms with van der Waals surface area (Å²) in [7, 11) is 1.64. The molecule has 5 heteroatoms. The second kappa shape index (κ2) is 5.12. The minimum absolute atomic E-state index is 0.0162. The van der Waals surface area contributed by atoms with Gasteiger partial charge in [0.15, 0.2) is 0 Å². The summed E-state index contributed by atoms with van der Waals surface area (Å²) in [5, 5.41) is 9.36. The molecule has 0 aliphatic carbocycles. The zero-order chi connectivity index (χ0) is 13.3. The average Bonchev–Trinajstić information content (AvgIpc) is 2.91. The van der Waals surface area contributed by atoms with Crippen molar-refractivity contribution in [1.82, 2.24) is 9.88 Å². The molecular weight excluding hydrogens is 232 g/mol. The molecule has 1 aliphatic heterocycles. The number of aromatic amines is 1. The monoisotopic (exact) mass is 252 g/mol. The summed E-state index contributed by atoms with van der Waals surface area (Å²) < 4.78 is 5.28. The third-order valence-electron chi connectivity index (χ3n) is 3.54. The molecule has 0 spiro atoms. The number of rotatable bonds is 3. The molecule has 2 N–H and O–H groups in total. The molecule has 1 saturated heterocycles. The van der Waals surface area contributed by atoms with Crippen LogP contribution in [0.2, 0.25) is 0 Å². The maximum Gasteiger partial charge on any atom is 0.270 e. The molecule has 1 aromatic heterocycles. The largest absolute Gasteiger partial charge is 0.394 e. The Labute approximate surface area is 107 Å². The first-order chi connectivity index (χ1) is 8.56. The molecule has 1 aliphatic rings. The van der Waals surface area contributed by atoms with Crippen LogP contribution in [0.25, 0.3) is 0 Å². The highest BCUT2D eigenvalue weighted by Crippen LogP contribution is 2.23. The summed E-state index contributed by atoms with van der Waals surface area (Å²) in [5.41, 5.74) is 2.52. The number of carbonyl (C=O) groups excluding carboxylic acids is 1. The first-order valence-corrected chi connectivity index (χ1v) is 6.17. The summed E-state index contributed by atoms with van der Waals surface area (Å²) >= 11 is 0. The van der Waals surface area contributed by atoms with Gasteiger partial charge >= 0.3 is 0 Å². The number of aliphatic hydroxyl groups is 1. The molecule has 0 bridgehead atoms. The van der Waals surface area contributed by atoms with E-state index in [1.54, 1.807) is 12.0 Å². The third kappa shape index (κ3) is 2.28. The van der Waals surface area contributed by atoms with Crippen LogP contribution in [0.5, 0.6) is 0 Å². The lowest BCUT2D eigenvalue weighted by molar-refractivity contribution is 0.0642. The van der Waals surface area contributed by atoms with Crippen LogP contribution in [-0.4, -0.2) is 53.3 Å². The maximum absolute atomic E-state index is 12.4. The van der Waals surface area contributed by atoms with E-state index < -0.39 is 0 Å². The van der Waals surface area contributed by atoms with E-state index in [0.717, 1.165) is 11.3 Å². The fourth-order valence-electron chi connectivity index (χ4n) is 2.56. The van der Waals surface area contributed by atoms with Gasteiger partial charge in [0.25, 0.3) is 5.91 Å². The fourth-order valence-corrected chi connectivity index (χ4v) is 2.56. The molecule has 5 nitrogen and oxygen atoms in total. The maximum atomic E-state index is 12.4. The van der Waals surface area contributed by atoms with Crippen molar-refractivity contribution >= 4 is 5.91 Å². The number of aliphatic hydroxyl groups excluding tert-OH is 1. The van der Waals surface area contributed by atoms with Gasteiger partial charge in [-0.05, 0) is 31.9 Å². The van der Waals surface area contributed by atoms with Gasteiger partial charge in [0.2, 0.25) is 0 Å². The molecule has 0 unspecified atom stereocenters. The van der Waals surface area contributed by atoms with Crippen LogP contribution in [0.4, 0.5) is 0 Å². The van der Waals surface area contributed by atoms with Crippen molar-refractivity contribution in [3.05, 3.63) is 23.0 Å². The van der Waals surface area contributed by atoms with Gasteiger partial charge in [0, 0.05) is 19.3 Å². The topological polar surface area (TPSA) is 65.6 Å². The van der Waals surface area contributed by atoms with Gasteiger partial charge < -0.3 is 19.7 Å². The normalized spacial score (nSPS) is 23.7. The van der Waals surface area contributed by atoms with Crippen molar-refractivity contribution in [1.29, 1.82) is 0 Å². The van der Waals surface area contributed by atoms with E-state index in [1.165, 1.54) is 0 Å². The number of nitrogens with one attached hydrogen (secondary N) is 1. The molecule has 1 fully saturated rings. The number of hydrogen-bond acceptors (Lipinski definition) is 3. The Morgan fingerprint density at radius 2 is 2.33 bits per heavy atom. The van der Waals surface area contributed by atoms with Crippen molar-refractivity contribution in [2.24, 2.45) is 0 Å². The summed E-state index contributed by atoms with van der Waals surface area (Å²) in [6.07, 6.45) is 0.708. The Bertz CT molecular complexity index is 441. The lowest BCUT2D eigenvalue weighted by Crippen LogP contribution is -2.38. The lowest BCUT2D eigenvalue weighted by atomic mass is 10.2. The van der Waals surface area contributed by atoms with Crippen LogP contribution in [0, 0.1) is 13.8 Å². The van der Waals surface area contributed by atoms with Crippen molar-refractivity contribution < 1.29 is 14.6 Å². The minimum Gasteiger partial charge on any atom is -0.394 e. The summed E-state index contributed by atoms with van der Waals surface area (Å²) in [4.78, 5) is 17.2. The molecule has 0 radical (unpaired) electrons. The van der Waals surface area contributed by atoms with Crippen LogP contribution >= 0.6 is 0 Å². The van der Waals surface area contributed by atoms with E-state index in [0.29, 0.717) is 18.7 Å². The van der Waals surface area contributed by atoms with E-state index >= 15 is 0 Å². The number of ether oxygens (including phenoxy) is 1. The predicted molar refractivity (Wildman–Crippen MR) is 67.6 cm³/mol. The SMILES string of the molecule is CO[C@H]1C[C@@H](CO)N(C(=O)c2[nH]c(C)cc2C)C1. The van der Waals surface area contributed by atoms with Crippen LogP contribution in [0.15, 0.2) is 6.07 Å². The van der Waals surface area contributed by atoms with E-state index in [9.17, 15) is 9.90 Å². The quantitative estimate of drug-likeness (QED) is 0.838.